The van der Waals surface area contributed by atoms with Gasteiger partial charge in [-0.1, -0.05) is 34.8 Å². The Morgan fingerprint density at radius 2 is 1.75 bits per heavy atom. The number of nitrogens with zero attached hydrogens (tertiary/aromatic N) is 1. The van der Waals surface area contributed by atoms with Gasteiger partial charge in [0.2, 0.25) is 5.88 Å². The van der Waals surface area contributed by atoms with E-state index in [0.717, 1.165) is 0 Å². The standard InChI is InChI=1S/C13H10Cl3N3O/c1-6-2-7(13(17)18)3-12(19-6)20-11-5-9(15)8(14)4-10(11)16/h2-5H,1H3,(H3,17,18). The molecule has 0 amide bonds. The van der Waals surface area contributed by atoms with Gasteiger partial charge in [0.05, 0.1) is 15.1 Å². The van der Waals surface area contributed by atoms with E-state index in [1.807, 2.05) is 0 Å². The van der Waals surface area contributed by atoms with E-state index in [1.165, 1.54) is 12.1 Å². The third-order valence-corrected chi connectivity index (χ3v) is 3.45. The zero-order valence-corrected chi connectivity index (χ0v) is 12.6. The van der Waals surface area contributed by atoms with E-state index in [-0.39, 0.29) is 11.7 Å². The Bertz CT molecular complexity index is 689. The lowest BCUT2D eigenvalue weighted by Crippen LogP contribution is -2.11. The van der Waals surface area contributed by atoms with Crippen molar-refractivity contribution in [2.24, 2.45) is 5.73 Å². The van der Waals surface area contributed by atoms with Gasteiger partial charge in [0.1, 0.15) is 11.6 Å². The van der Waals surface area contributed by atoms with Gasteiger partial charge in [-0.3, -0.25) is 5.41 Å². The number of rotatable bonds is 3. The molecule has 0 bridgehead atoms. The van der Waals surface area contributed by atoms with E-state index >= 15 is 0 Å². The zero-order chi connectivity index (χ0) is 14.9. The lowest BCUT2D eigenvalue weighted by molar-refractivity contribution is 0.462. The highest BCUT2D eigenvalue weighted by Gasteiger charge is 2.10. The number of hydrogen-bond donors (Lipinski definition) is 2. The number of amidine groups is 1. The molecule has 0 spiro atoms. The highest BCUT2D eigenvalue weighted by atomic mass is 35.5. The third-order valence-electron chi connectivity index (χ3n) is 2.43. The number of nitrogens with one attached hydrogen (secondary N) is 1. The van der Waals surface area contributed by atoms with Crippen molar-refractivity contribution in [3.63, 3.8) is 0 Å². The van der Waals surface area contributed by atoms with Crippen molar-refractivity contribution in [3.8, 4) is 11.6 Å². The van der Waals surface area contributed by atoms with Crippen LogP contribution in [0.1, 0.15) is 11.3 Å². The molecule has 4 nitrogen and oxygen atoms in total. The Morgan fingerprint density at radius 3 is 2.40 bits per heavy atom. The van der Waals surface area contributed by atoms with E-state index in [0.29, 0.717) is 32.1 Å². The number of benzene rings is 1. The van der Waals surface area contributed by atoms with Crippen LogP contribution in [-0.4, -0.2) is 10.8 Å². The molecule has 0 unspecified atom stereocenters. The van der Waals surface area contributed by atoms with Gasteiger partial charge in [-0.25, -0.2) is 4.98 Å². The van der Waals surface area contributed by atoms with Crippen LogP contribution in [0, 0.1) is 12.3 Å². The Kier molecular flexibility index (Phi) is 4.38. The molecule has 0 atom stereocenters. The number of aromatic nitrogens is 1. The van der Waals surface area contributed by atoms with Gasteiger partial charge in [-0.2, -0.15) is 0 Å². The summed E-state index contributed by atoms with van der Waals surface area (Å²) in [7, 11) is 0. The molecule has 1 aromatic carbocycles. The fraction of sp³-hybridized carbons (Fsp3) is 0.0769. The molecule has 3 N–H and O–H groups in total. The minimum Gasteiger partial charge on any atom is -0.437 e. The fourth-order valence-electron chi connectivity index (χ4n) is 1.54. The highest BCUT2D eigenvalue weighted by Crippen LogP contribution is 2.36. The monoisotopic (exact) mass is 329 g/mol. The summed E-state index contributed by atoms with van der Waals surface area (Å²) in [5.74, 6) is 0.532. The van der Waals surface area contributed by atoms with Crippen molar-refractivity contribution in [2.75, 3.05) is 0 Å². The second kappa shape index (κ2) is 5.87. The molecule has 20 heavy (non-hydrogen) atoms. The van der Waals surface area contributed by atoms with E-state index in [1.54, 1.807) is 19.1 Å². The van der Waals surface area contributed by atoms with E-state index < -0.39 is 0 Å². The number of halogens is 3. The third kappa shape index (κ3) is 3.33. The number of aryl methyl sites for hydroxylation is 1. The molecule has 0 aliphatic carbocycles. The molecule has 2 aromatic rings. The van der Waals surface area contributed by atoms with Crippen molar-refractivity contribution in [2.45, 2.75) is 6.92 Å². The average molecular weight is 331 g/mol. The van der Waals surface area contributed by atoms with Crippen LogP contribution >= 0.6 is 34.8 Å². The summed E-state index contributed by atoms with van der Waals surface area (Å²) in [5.41, 5.74) is 6.64. The summed E-state index contributed by atoms with van der Waals surface area (Å²) in [6.45, 7) is 1.77. The van der Waals surface area contributed by atoms with Crippen LogP contribution in [-0.2, 0) is 0 Å². The lowest BCUT2D eigenvalue weighted by Gasteiger charge is -2.10. The molecule has 0 aliphatic heterocycles. The first-order valence-corrected chi connectivity index (χ1v) is 6.65. The molecule has 0 aliphatic rings. The van der Waals surface area contributed by atoms with Gasteiger partial charge in [0.15, 0.2) is 0 Å². The summed E-state index contributed by atoms with van der Waals surface area (Å²) in [4.78, 5) is 4.20. The van der Waals surface area contributed by atoms with Crippen molar-refractivity contribution < 1.29 is 4.74 Å². The predicted octanol–water partition coefficient (Wildman–Crippen LogP) is 4.43. The second-order valence-corrected chi connectivity index (χ2v) is 5.27. The maximum Gasteiger partial charge on any atom is 0.220 e. The molecule has 0 saturated carbocycles. The predicted molar refractivity (Wildman–Crippen MR) is 81.5 cm³/mol. The molecule has 0 fully saturated rings. The first-order valence-electron chi connectivity index (χ1n) is 5.52. The van der Waals surface area contributed by atoms with Crippen LogP contribution in [0.4, 0.5) is 0 Å². The molecular weight excluding hydrogens is 321 g/mol. The van der Waals surface area contributed by atoms with Crippen molar-refractivity contribution in [3.05, 3.63) is 50.6 Å². The lowest BCUT2D eigenvalue weighted by atomic mass is 10.2. The topological polar surface area (TPSA) is 72.0 Å². The van der Waals surface area contributed by atoms with Crippen LogP contribution < -0.4 is 10.5 Å². The largest absolute Gasteiger partial charge is 0.437 e. The molecule has 0 radical (unpaired) electrons. The van der Waals surface area contributed by atoms with Gasteiger partial charge < -0.3 is 10.5 Å². The molecular formula is C13H10Cl3N3O. The first-order chi connectivity index (χ1) is 9.36. The average Bonchev–Trinajstić information content (AvgIpc) is 2.35. The summed E-state index contributed by atoms with van der Waals surface area (Å²) in [5, 5.41) is 8.42. The van der Waals surface area contributed by atoms with E-state index in [4.69, 9.17) is 50.7 Å². The fourth-order valence-corrected chi connectivity index (χ4v) is 2.12. The Balaban J connectivity index is 2.40. The highest BCUT2D eigenvalue weighted by molar-refractivity contribution is 6.43. The Hall–Kier alpha value is -1.49. The number of pyridine rings is 1. The van der Waals surface area contributed by atoms with Crippen LogP contribution in [0.25, 0.3) is 0 Å². The quantitative estimate of drug-likeness (QED) is 0.497. The van der Waals surface area contributed by atoms with Crippen molar-refractivity contribution in [1.82, 2.24) is 4.98 Å². The summed E-state index contributed by atoms with van der Waals surface area (Å²) in [6.07, 6.45) is 0. The van der Waals surface area contributed by atoms with Gasteiger partial charge in [0.25, 0.3) is 0 Å². The van der Waals surface area contributed by atoms with Crippen LogP contribution in [0.15, 0.2) is 24.3 Å². The number of nitrogens with two attached hydrogens (primary N) is 1. The minimum absolute atomic E-state index is 0.0689. The van der Waals surface area contributed by atoms with Crippen molar-refractivity contribution >= 4 is 40.6 Å². The van der Waals surface area contributed by atoms with Crippen LogP contribution in [0.3, 0.4) is 0 Å². The normalized spacial score (nSPS) is 10.4. The molecule has 104 valence electrons. The number of ether oxygens (including phenoxy) is 1. The second-order valence-electron chi connectivity index (χ2n) is 4.05. The van der Waals surface area contributed by atoms with Gasteiger partial charge in [-0.05, 0) is 19.1 Å². The molecule has 1 aromatic heterocycles. The van der Waals surface area contributed by atoms with Gasteiger partial charge in [0, 0.05) is 23.4 Å². The van der Waals surface area contributed by atoms with Gasteiger partial charge in [-0.15, -0.1) is 0 Å². The van der Waals surface area contributed by atoms with Gasteiger partial charge >= 0.3 is 0 Å². The summed E-state index contributed by atoms with van der Waals surface area (Å²) >= 11 is 17.8. The summed E-state index contributed by atoms with van der Waals surface area (Å²) in [6, 6.07) is 6.23. The summed E-state index contributed by atoms with van der Waals surface area (Å²) < 4.78 is 5.58. The maximum atomic E-state index is 7.44. The minimum atomic E-state index is -0.0689. The smallest absolute Gasteiger partial charge is 0.220 e. The number of nitrogen functional groups attached to an aromatic ring is 1. The zero-order valence-electron chi connectivity index (χ0n) is 10.4. The first kappa shape index (κ1) is 14.9. The van der Waals surface area contributed by atoms with Crippen LogP contribution in [0.5, 0.6) is 11.6 Å². The van der Waals surface area contributed by atoms with E-state index in [9.17, 15) is 0 Å². The van der Waals surface area contributed by atoms with E-state index in [2.05, 4.69) is 4.98 Å². The molecule has 0 saturated heterocycles. The maximum absolute atomic E-state index is 7.44. The Labute approximate surface area is 130 Å². The molecule has 7 heteroatoms. The SMILES string of the molecule is Cc1cc(C(=N)N)cc(Oc2cc(Cl)c(Cl)cc2Cl)n1. The molecule has 1 heterocycles. The van der Waals surface area contributed by atoms with Crippen LogP contribution in [0.2, 0.25) is 15.1 Å². The van der Waals surface area contributed by atoms with Crippen molar-refractivity contribution in [1.29, 1.82) is 5.41 Å². The molecule has 2 rings (SSSR count). The number of hydrogen-bond acceptors (Lipinski definition) is 3. The Morgan fingerprint density at radius 1 is 1.10 bits per heavy atom.